The Kier molecular flexibility index (Phi) is 5.26. The van der Waals surface area contributed by atoms with Gasteiger partial charge in [0.05, 0.1) is 6.54 Å². The first kappa shape index (κ1) is 14.7. The minimum absolute atomic E-state index is 0.237. The van der Waals surface area contributed by atoms with Crippen LogP contribution in [0.25, 0.3) is 0 Å². The number of nitrogens with one attached hydrogen (secondary N) is 1. The van der Waals surface area contributed by atoms with E-state index < -0.39 is 5.97 Å². The molecule has 106 valence electrons. The number of aryl methyl sites for hydroxylation is 1. The lowest BCUT2D eigenvalue weighted by molar-refractivity contribution is 0.0695. The molecule has 0 aliphatic heterocycles. The molecule has 0 radical (unpaired) electrons. The fraction of sp³-hybridized carbons (Fsp3) is 0.267. The standard InChI is InChI=1S/C15H17NO3S/c1-11-14(15(17)18)9-12(19-11)10-16-7-8-20-13-5-3-2-4-6-13/h2-6,9,16H,7-8,10H2,1H3,(H,17,18). The van der Waals surface area contributed by atoms with Crippen LogP contribution in [-0.2, 0) is 6.54 Å². The van der Waals surface area contributed by atoms with Gasteiger partial charge in [-0.2, -0.15) is 0 Å². The second kappa shape index (κ2) is 7.17. The van der Waals surface area contributed by atoms with Crippen molar-refractivity contribution in [2.75, 3.05) is 12.3 Å². The van der Waals surface area contributed by atoms with Crippen LogP contribution in [0.4, 0.5) is 0 Å². The lowest BCUT2D eigenvalue weighted by atomic mass is 10.2. The first-order chi connectivity index (χ1) is 9.66. The number of thioether (sulfide) groups is 1. The molecule has 1 heterocycles. The van der Waals surface area contributed by atoms with Crippen molar-refractivity contribution in [2.24, 2.45) is 0 Å². The number of furan rings is 1. The topological polar surface area (TPSA) is 62.5 Å². The van der Waals surface area contributed by atoms with Gasteiger partial charge in [0, 0.05) is 17.2 Å². The molecule has 2 N–H and O–H groups in total. The van der Waals surface area contributed by atoms with Gasteiger partial charge in [-0.25, -0.2) is 4.79 Å². The third kappa shape index (κ3) is 4.15. The second-order valence-electron chi connectivity index (χ2n) is 4.33. The average molecular weight is 291 g/mol. The molecule has 2 aromatic rings. The van der Waals surface area contributed by atoms with Gasteiger partial charge in [0.1, 0.15) is 17.1 Å². The van der Waals surface area contributed by atoms with Crippen LogP contribution in [-0.4, -0.2) is 23.4 Å². The molecule has 2 rings (SSSR count). The first-order valence-electron chi connectivity index (χ1n) is 6.38. The molecule has 0 aliphatic rings. The van der Waals surface area contributed by atoms with E-state index >= 15 is 0 Å². The summed E-state index contributed by atoms with van der Waals surface area (Å²) >= 11 is 1.78. The van der Waals surface area contributed by atoms with Gasteiger partial charge in [0.15, 0.2) is 0 Å². The molecule has 0 saturated carbocycles. The molecule has 0 amide bonds. The summed E-state index contributed by atoms with van der Waals surface area (Å²) in [5, 5.41) is 12.2. The molecule has 1 aromatic heterocycles. The molecule has 0 spiro atoms. The normalized spacial score (nSPS) is 10.7. The van der Waals surface area contributed by atoms with Crippen LogP contribution in [0.3, 0.4) is 0 Å². The highest BCUT2D eigenvalue weighted by molar-refractivity contribution is 7.99. The summed E-state index contributed by atoms with van der Waals surface area (Å²) in [4.78, 5) is 12.1. The Labute approximate surface area is 122 Å². The van der Waals surface area contributed by atoms with Crippen LogP contribution < -0.4 is 5.32 Å². The molecule has 4 nitrogen and oxygen atoms in total. The van der Waals surface area contributed by atoms with Gasteiger partial charge in [-0.15, -0.1) is 11.8 Å². The molecule has 0 aliphatic carbocycles. The van der Waals surface area contributed by atoms with E-state index in [0.717, 1.165) is 12.3 Å². The Morgan fingerprint density at radius 2 is 2.10 bits per heavy atom. The lowest BCUT2D eigenvalue weighted by Gasteiger charge is -2.03. The summed E-state index contributed by atoms with van der Waals surface area (Å²) in [5.41, 5.74) is 0.237. The lowest BCUT2D eigenvalue weighted by Crippen LogP contribution is -2.16. The molecule has 0 atom stereocenters. The Balaban J connectivity index is 1.71. The molecule has 0 bridgehead atoms. The minimum Gasteiger partial charge on any atom is -0.478 e. The Morgan fingerprint density at radius 3 is 2.75 bits per heavy atom. The number of hydrogen-bond acceptors (Lipinski definition) is 4. The maximum absolute atomic E-state index is 10.9. The van der Waals surface area contributed by atoms with E-state index in [0.29, 0.717) is 18.1 Å². The molecule has 0 saturated heterocycles. The summed E-state index contributed by atoms with van der Waals surface area (Å²) in [6.07, 6.45) is 0. The Bertz CT molecular complexity index is 566. The predicted molar refractivity (Wildman–Crippen MR) is 79.3 cm³/mol. The number of aromatic carboxylic acids is 1. The van der Waals surface area contributed by atoms with Crippen molar-refractivity contribution >= 4 is 17.7 Å². The van der Waals surface area contributed by atoms with E-state index in [2.05, 4.69) is 17.4 Å². The highest BCUT2D eigenvalue weighted by Crippen LogP contribution is 2.16. The third-order valence-electron chi connectivity index (χ3n) is 2.79. The smallest absolute Gasteiger partial charge is 0.339 e. The van der Waals surface area contributed by atoms with E-state index in [-0.39, 0.29) is 5.56 Å². The van der Waals surface area contributed by atoms with E-state index in [1.807, 2.05) is 18.2 Å². The maximum atomic E-state index is 10.9. The van der Waals surface area contributed by atoms with Crippen LogP contribution in [0.2, 0.25) is 0 Å². The molecule has 0 unspecified atom stereocenters. The largest absolute Gasteiger partial charge is 0.478 e. The quantitative estimate of drug-likeness (QED) is 0.606. The monoisotopic (exact) mass is 291 g/mol. The van der Waals surface area contributed by atoms with Crippen molar-refractivity contribution in [3.63, 3.8) is 0 Å². The molecular formula is C15H17NO3S. The van der Waals surface area contributed by atoms with Crippen molar-refractivity contribution in [1.29, 1.82) is 0 Å². The number of hydrogen-bond donors (Lipinski definition) is 2. The van der Waals surface area contributed by atoms with Crippen LogP contribution >= 0.6 is 11.8 Å². The molecule has 5 heteroatoms. The van der Waals surface area contributed by atoms with Crippen LogP contribution in [0.15, 0.2) is 45.7 Å². The Morgan fingerprint density at radius 1 is 1.35 bits per heavy atom. The zero-order valence-electron chi connectivity index (χ0n) is 11.3. The average Bonchev–Trinajstić information content (AvgIpc) is 2.81. The molecule has 1 aromatic carbocycles. The van der Waals surface area contributed by atoms with Crippen molar-refractivity contribution in [3.8, 4) is 0 Å². The van der Waals surface area contributed by atoms with E-state index in [1.165, 1.54) is 4.90 Å². The second-order valence-corrected chi connectivity index (χ2v) is 5.49. The van der Waals surface area contributed by atoms with Crippen LogP contribution in [0, 0.1) is 6.92 Å². The fourth-order valence-electron chi connectivity index (χ4n) is 1.81. The van der Waals surface area contributed by atoms with Gasteiger partial charge in [-0.1, -0.05) is 18.2 Å². The van der Waals surface area contributed by atoms with E-state index in [1.54, 1.807) is 24.8 Å². The molecule has 20 heavy (non-hydrogen) atoms. The van der Waals surface area contributed by atoms with Gasteiger partial charge in [-0.3, -0.25) is 0 Å². The van der Waals surface area contributed by atoms with Gasteiger partial charge < -0.3 is 14.8 Å². The van der Waals surface area contributed by atoms with Crippen molar-refractivity contribution in [1.82, 2.24) is 5.32 Å². The van der Waals surface area contributed by atoms with Crippen molar-refractivity contribution in [2.45, 2.75) is 18.4 Å². The number of rotatable bonds is 7. The number of carboxylic acids is 1. The number of carbonyl (C=O) groups is 1. The Hall–Kier alpha value is -1.72. The van der Waals surface area contributed by atoms with Crippen molar-refractivity contribution in [3.05, 3.63) is 53.5 Å². The third-order valence-corrected chi connectivity index (χ3v) is 3.80. The summed E-state index contributed by atoms with van der Waals surface area (Å²) in [6, 6.07) is 11.8. The number of carboxylic acid groups (broad SMARTS) is 1. The first-order valence-corrected chi connectivity index (χ1v) is 7.36. The highest BCUT2D eigenvalue weighted by atomic mass is 32.2. The highest BCUT2D eigenvalue weighted by Gasteiger charge is 2.12. The molecular weight excluding hydrogens is 274 g/mol. The number of benzene rings is 1. The maximum Gasteiger partial charge on any atom is 0.339 e. The predicted octanol–water partition coefficient (Wildman–Crippen LogP) is 3.17. The zero-order chi connectivity index (χ0) is 14.4. The zero-order valence-corrected chi connectivity index (χ0v) is 12.1. The minimum atomic E-state index is -0.947. The van der Waals surface area contributed by atoms with Crippen LogP contribution in [0.1, 0.15) is 21.9 Å². The summed E-state index contributed by atoms with van der Waals surface area (Å²) in [5.74, 6) is 1.12. The summed E-state index contributed by atoms with van der Waals surface area (Å²) in [7, 11) is 0. The van der Waals surface area contributed by atoms with Crippen molar-refractivity contribution < 1.29 is 14.3 Å². The summed E-state index contributed by atoms with van der Waals surface area (Å²) < 4.78 is 5.39. The van der Waals surface area contributed by atoms with Gasteiger partial charge in [-0.05, 0) is 25.1 Å². The van der Waals surface area contributed by atoms with Gasteiger partial charge in [0.2, 0.25) is 0 Å². The van der Waals surface area contributed by atoms with Crippen LogP contribution in [0.5, 0.6) is 0 Å². The van der Waals surface area contributed by atoms with E-state index in [9.17, 15) is 4.79 Å². The van der Waals surface area contributed by atoms with Gasteiger partial charge >= 0.3 is 5.97 Å². The van der Waals surface area contributed by atoms with E-state index in [4.69, 9.17) is 9.52 Å². The fourth-order valence-corrected chi connectivity index (χ4v) is 2.64. The SMILES string of the molecule is Cc1oc(CNCCSc2ccccc2)cc1C(=O)O. The van der Waals surface area contributed by atoms with Gasteiger partial charge in [0.25, 0.3) is 0 Å². The summed E-state index contributed by atoms with van der Waals surface area (Å²) in [6.45, 7) is 3.05. The molecule has 0 fully saturated rings.